The molecule has 1 saturated heterocycles. The first-order valence-electron chi connectivity index (χ1n) is 8.63. The molecule has 9 heteroatoms. The maximum Gasteiger partial charge on any atom is 0.387 e. The third-order valence-electron chi connectivity index (χ3n) is 4.27. The highest BCUT2D eigenvalue weighted by atomic mass is 35.5. The summed E-state index contributed by atoms with van der Waals surface area (Å²) in [5.41, 5.74) is 0.386. The number of nitrogens with zero attached hydrogens (tertiary/aromatic N) is 1. The summed E-state index contributed by atoms with van der Waals surface area (Å²) in [6.45, 7) is -0.308. The Kier molecular flexibility index (Phi) is 8.34. The molecule has 1 aromatic rings. The molecule has 1 aliphatic heterocycles. The molecule has 1 aromatic carbocycles. The maximum atomic E-state index is 12.2. The number of urea groups is 1. The number of benzene rings is 1. The van der Waals surface area contributed by atoms with Crippen LogP contribution in [0.5, 0.6) is 5.75 Å². The number of likely N-dealkylation sites (tertiary alicyclic amines) is 1. The van der Waals surface area contributed by atoms with Gasteiger partial charge >= 0.3 is 12.6 Å². The second kappa shape index (κ2) is 10.5. The van der Waals surface area contributed by atoms with Crippen molar-refractivity contribution in [1.29, 1.82) is 0 Å². The van der Waals surface area contributed by atoms with E-state index in [4.69, 9.17) is 11.6 Å². The molecule has 146 valence electrons. The fraction of sp³-hybridized carbons (Fsp3) is 0.588. The van der Waals surface area contributed by atoms with Gasteiger partial charge in [-0.05, 0) is 57.0 Å². The molecule has 1 unspecified atom stereocenters. The lowest BCUT2D eigenvalue weighted by molar-refractivity contribution is -0.0497. The number of hydrogen-bond acceptors (Lipinski definition) is 4. The minimum absolute atomic E-state index is 0.00727. The Hall–Kier alpha value is -1.64. The van der Waals surface area contributed by atoms with Gasteiger partial charge in [-0.1, -0.05) is 11.6 Å². The molecular formula is C17H24ClF2N3O3. The highest BCUT2D eigenvalue weighted by Crippen LogP contribution is 2.28. The van der Waals surface area contributed by atoms with Gasteiger partial charge in [-0.25, -0.2) is 4.79 Å². The normalized spacial score (nSPS) is 17.5. The molecule has 6 nitrogen and oxygen atoms in total. The van der Waals surface area contributed by atoms with Crippen LogP contribution in [0, 0.1) is 0 Å². The first kappa shape index (κ1) is 20.7. The number of alkyl halides is 2. The van der Waals surface area contributed by atoms with Crippen molar-refractivity contribution in [3.05, 3.63) is 23.2 Å². The van der Waals surface area contributed by atoms with E-state index in [1.807, 2.05) is 0 Å². The standard InChI is InChI=1S/C17H24ClF2N3O3/c18-14-10-12(5-6-15(14)26-16(19)20)22-17(25)21-7-1-2-8-23-9-3-4-13(23)11-24/h5-6,10,13,16,24H,1-4,7-9,11H2,(H2,21,22,25). The van der Waals surface area contributed by atoms with Crippen molar-refractivity contribution in [2.24, 2.45) is 0 Å². The number of halogens is 3. The van der Waals surface area contributed by atoms with E-state index in [1.165, 1.54) is 18.2 Å². The van der Waals surface area contributed by atoms with Crippen LogP contribution in [0.4, 0.5) is 19.3 Å². The molecule has 2 amide bonds. The predicted octanol–water partition coefficient (Wildman–Crippen LogP) is 3.30. The molecule has 2 rings (SSSR count). The topological polar surface area (TPSA) is 73.8 Å². The summed E-state index contributed by atoms with van der Waals surface area (Å²) in [6.07, 6.45) is 3.92. The summed E-state index contributed by atoms with van der Waals surface area (Å²) in [7, 11) is 0. The molecule has 26 heavy (non-hydrogen) atoms. The minimum atomic E-state index is -2.96. The summed E-state index contributed by atoms with van der Waals surface area (Å²) < 4.78 is 28.6. The predicted molar refractivity (Wildman–Crippen MR) is 96.0 cm³/mol. The van der Waals surface area contributed by atoms with Crippen LogP contribution in [0.1, 0.15) is 25.7 Å². The quantitative estimate of drug-likeness (QED) is 0.565. The number of hydrogen-bond donors (Lipinski definition) is 3. The van der Waals surface area contributed by atoms with Crippen molar-refractivity contribution < 1.29 is 23.4 Å². The van der Waals surface area contributed by atoms with E-state index < -0.39 is 12.6 Å². The molecule has 0 saturated carbocycles. The number of ether oxygens (including phenoxy) is 1. The van der Waals surface area contributed by atoms with Crippen molar-refractivity contribution in [2.45, 2.75) is 38.3 Å². The molecule has 1 heterocycles. The monoisotopic (exact) mass is 391 g/mol. The SMILES string of the molecule is O=C(NCCCCN1CCCC1CO)Nc1ccc(OC(F)F)c(Cl)c1. The molecule has 0 radical (unpaired) electrons. The summed E-state index contributed by atoms with van der Waals surface area (Å²) >= 11 is 5.84. The van der Waals surface area contributed by atoms with E-state index in [1.54, 1.807) is 0 Å². The van der Waals surface area contributed by atoms with Crippen LogP contribution in [-0.4, -0.2) is 54.9 Å². The third-order valence-corrected chi connectivity index (χ3v) is 4.57. The molecule has 0 aliphatic carbocycles. The Balaban J connectivity index is 1.65. The van der Waals surface area contributed by atoms with Gasteiger partial charge in [0, 0.05) is 18.3 Å². The van der Waals surface area contributed by atoms with Crippen LogP contribution < -0.4 is 15.4 Å². The van der Waals surface area contributed by atoms with Crippen LogP contribution in [-0.2, 0) is 0 Å². The lowest BCUT2D eigenvalue weighted by atomic mass is 10.2. The largest absolute Gasteiger partial charge is 0.433 e. The Labute approximate surface area is 156 Å². The van der Waals surface area contributed by atoms with Gasteiger partial charge in [0.1, 0.15) is 5.75 Å². The van der Waals surface area contributed by atoms with Gasteiger partial charge in [0.05, 0.1) is 11.6 Å². The zero-order valence-electron chi connectivity index (χ0n) is 14.4. The van der Waals surface area contributed by atoms with Crippen LogP contribution in [0.3, 0.4) is 0 Å². The molecule has 0 aromatic heterocycles. The Morgan fingerprint density at radius 1 is 1.42 bits per heavy atom. The van der Waals surface area contributed by atoms with Crippen molar-refractivity contribution >= 4 is 23.3 Å². The van der Waals surface area contributed by atoms with Crippen LogP contribution in [0.2, 0.25) is 5.02 Å². The van der Waals surface area contributed by atoms with Crippen LogP contribution in [0.25, 0.3) is 0 Å². The van der Waals surface area contributed by atoms with E-state index in [-0.39, 0.29) is 23.4 Å². The number of aliphatic hydroxyl groups is 1. The molecular weight excluding hydrogens is 368 g/mol. The van der Waals surface area contributed by atoms with E-state index in [2.05, 4.69) is 20.3 Å². The summed E-state index contributed by atoms with van der Waals surface area (Å²) in [5.74, 6) is -0.143. The number of carbonyl (C=O) groups excluding carboxylic acids is 1. The molecule has 0 spiro atoms. The molecule has 0 bridgehead atoms. The van der Waals surface area contributed by atoms with E-state index in [0.29, 0.717) is 12.2 Å². The number of anilines is 1. The Bertz CT molecular complexity index is 592. The second-order valence-electron chi connectivity index (χ2n) is 6.13. The van der Waals surface area contributed by atoms with Crippen molar-refractivity contribution in [1.82, 2.24) is 10.2 Å². The first-order chi connectivity index (χ1) is 12.5. The van der Waals surface area contributed by atoms with Gasteiger partial charge in [0.25, 0.3) is 0 Å². The third kappa shape index (κ3) is 6.59. The lowest BCUT2D eigenvalue weighted by Crippen LogP contribution is -2.34. The Morgan fingerprint density at radius 2 is 2.23 bits per heavy atom. The summed E-state index contributed by atoms with van der Waals surface area (Å²) in [6, 6.07) is 3.94. The highest BCUT2D eigenvalue weighted by Gasteiger charge is 2.22. The van der Waals surface area contributed by atoms with Gasteiger partial charge in [-0.3, -0.25) is 4.90 Å². The molecule has 1 fully saturated rings. The second-order valence-corrected chi connectivity index (χ2v) is 6.53. The van der Waals surface area contributed by atoms with Crippen molar-refractivity contribution in [2.75, 3.05) is 31.6 Å². The maximum absolute atomic E-state index is 12.2. The minimum Gasteiger partial charge on any atom is -0.433 e. The lowest BCUT2D eigenvalue weighted by Gasteiger charge is -2.22. The Morgan fingerprint density at radius 3 is 2.92 bits per heavy atom. The van der Waals surface area contributed by atoms with Gasteiger partial charge in [0.15, 0.2) is 0 Å². The molecule has 3 N–H and O–H groups in total. The van der Waals surface area contributed by atoms with Crippen LogP contribution in [0.15, 0.2) is 18.2 Å². The fourth-order valence-electron chi connectivity index (χ4n) is 2.98. The summed E-state index contributed by atoms with van der Waals surface area (Å²) in [5, 5.41) is 14.6. The number of rotatable bonds is 9. The van der Waals surface area contributed by atoms with Gasteiger partial charge in [-0.2, -0.15) is 8.78 Å². The average molecular weight is 392 g/mol. The van der Waals surface area contributed by atoms with E-state index in [0.717, 1.165) is 38.8 Å². The molecule has 1 atom stereocenters. The highest BCUT2D eigenvalue weighted by molar-refractivity contribution is 6.32. The van der Waals surface area contributed by atoms with Gasteiger partial charge in [-0.15, -0.1) is 0 Å². The number of carbonyl (C=O) groups is 1. The van der Waals surface area contributed by atoms with Crippen molar-refractivity contribution in [3.63, 3.8) is 0 Å². The number of amides is 2. The van der Waals surface area contributed by atoms with Gasteiger partial charge in [0.2, 0.25) is 0 Å². The molecule has 1 aliphatic rings. The van der Waals surface area contributed by atoms with Crippen molar-refractivity contribution in [3.8, 4) is 5.75 Å². The van der Waals surface area contributed by atoms with Gasteiger partial charge < -0.3 is 20.5 Å². The number of nitrogens with one attached hydrogen (secondary N) is 2. The average Bonchev–Trinajstić information content (AvgIpc) is 3.04. The van der Waals surface area contributed by atoms with E-state index in [9.17, 15) is 18.7 Å². The summed E-state index contributed by atoms with van der Waals surface area (Å²) in [4.78, 5) is 14.1. The zero-order valence-corrected chi connectivity index (χ0v) is 15.1. The zero-order chi connectivity index (χ0) is 18.9. The van der Waals surface area contributed by atoms with Crippen LogP contribution >= 0.6 is 11.6 Å². The smallest absolute Gasteiger partial charge is 0.387 e. The first-order valence-corrected chi connectivity index (χ1v) is 9.01. The number of aliphatic hydroxyl groups excluding tert-OH is 1. The number of unbranched alkanes of at least 4 members (excludes halogenated alkanes) is 1. The van der Waals surface area contributed by atoms with E-state index >= 15 is 0 Å². The fourth-order valence-corrected chi connectivity index (χ4v) is 3.21.